The van der Waals surface area contributed by atoms with E-state index in [9.17, 15) is 92.3 Å². The van der Waals surface area contributed by atoms with Crippen molar-refractivity contribution in [2.75, 3.05) is 0 Å². The second-order valence-electron chi connectivity index (χ2n) is 17.5. The number of rotatable bonds is 18. The lowest BCUT2D eigenvalue weighted by Gasteiger charge is -2.15. The number of aliphatic carboxylic acids is 2. The number of hydrogen-bond acceptors (Lipinski definition) is 12. The third-order valence-corrected chi connectivity index (χ3v) is 12.1. The third-order valence-electron chi connectivity index (χ3n) is 11.6. The molecule has 0 aliphatic rings. The molecule has 0 aliphatic carbocycles. The lowest BCUT2D eigenvalue weighted by atomic mass is 10.0. The number of carboxylic acid groups (broad SMARTS) is 2. The van der Waals surface area contributed by atoms with Crippen molar-refractivity contribution in [1.82, 2.24) is 58.2 Å². The van der Waals surface area contributed by atoms with Crippen LogP contribution in [0.15, 0.2) is 107 Å². The fourth-order valence-corrected chi connectivity index (χ4v) is 8.11. The topological polar surface area (TPSA) is 256 Å². The van der Waals surface area contributed by atoms with Crippen LogP contribution in [-0.4, -0.2) is 115 Å². The van der Waals surface area contributed by atoms with Gasteiger partial charge in [-0.3, -0.25) is 18.7 Å². The molecular formula is C48H38Cl2F12N12O8. The van der Waals surface area contributed by atoms with Crippen molar-refractivity contribution < 1.29 is 82.7 Å². The molecule has 2 unspecified atom stereocenters. The van der Waals surface area contributed by atoms with Crippen LogP contribution in [0.25, 0.3) is 22.8 Å². The molecule has 0 bridgehead atoms. The number of halogens is 14. The fraction of sp³-hybridized carbons (Fsp3) is 0.292. The van der Waals surface area contributed by atoms with Crippen LogP contribution in [-0.2, 0) is 74.1 Å². The van der Waals surface area contributed by atoms with Crippen LogP contribution in [0.1, 0.15) is 45.6 Å². The van der Waals surface area contributed by atoms with Gasteiger partial charge in [-0.2, -0.15) is 62.9 Å². The Morgan fingerprint density at radius 1 is 0.488 bits per heavy atom. The molecule has 2 atom stereocenters. The molecule has 0 fully saturated rings. The van der Waals surface area contributed by atoms with E-state index in [1.165, 1.54) is 84.9 Å². The van der Waals surface area contributed by atoms with Crippen LogP contribution in [0, 0.1) is 0 Å². The first-order valence-corrected chi connectivity index (χ1v) is 24.0. The van der Waals surface area contributed by atoms with E-state index < -0.39 is 123 Å². The van der Waals surface area contributed by atoms with Crippen molar-refractivity contribution in [2.24, 2.45) is 0 Å². The predicted octanol–water partition coefficient (Wildman–Crippen LogP) is 7.24. The lowest BCUT2D eigenvalue weighted by Crippen LogP contribution is -2.37. The van der Waals surface area contributed by atoms with Crippen LogP contribution in [0.4, 0.5) is 52.7 Å². The van der Waals surface area contributed by atoms with Crippen molar-refractivity contribution in [3.8, 4) is 22.8 Å². The second kappa shape index (κ2) is 24.4. The standard InChI is InChI=1S/2C24H19ClF6N6O4/c25-15-7-5-13(6-8-15)21-34-37(22(41)35(21)10-17(38)24(29,30)31)11-18-32-19(36(33-18)12-20(39)40)9-14-3-1-2-4-16(14)23(26,27)28;25-15-7-5-13(6-8-15)21-34-37(22(41)35(21)10-17(38)24(29,30)31)11-19-32-18(33-36(19)12-20(39)40)9-14-3-1-2-4-16(14)23(26,27)28/h2*1-8,17,38H,9-12H2,(H,39,40). The highest BCUT2D eigenvalue weighted by Crippen LogP contribution is 2.34. The second-order valence-corrected chi connectivity index (χ2v) is 18.4. The summed E-state index contributed by atoms with van der Waals surface area (Å²) in [6.07, 6.45) is -26.2. The Bertz CT molecular complexity index is 3700. The average molecular weight is 1210 g/mol. The summed E-state index contributed by atoms with van der Waals surface area (Å²) < 4.78 is 164. The van der Waals surface area contributed by atoms with Crippen LogP contribution in [0.2, 0.25) is 10.0 Å². The Hall–Kier alpha value is -8.36. The Labute approximate surface area is 460 Å². The highest BCUT2D eigenvalue weighted by molar-refractivity contribution is 6.30. The Morgan fingerprint density at radius 2 is 0.866 bits per heavy atom. The number of aliphatic hydroxyl groups excluding tert-OH is 2. The van der Waals surface area contributed by atoms with E-state index in [1.807, 2.05) is 0 Å². The monoisotopic (exact) mass is 1210 g/mol. The molecule has 4 aromatic heterocycles. The molecule has 4 aromatic carbocycles. The maximum Gasteiger partial charge on any atom is 0.416 e. The molecule has 4 heterocycles. The molecule has 20 nitrogen and oxygen atoms in total. The molecule has 0 saturated heterocycles. The van der Waals surface area contributed by atoms with Gasteiger partial charge in [0.15, 0.2) is 35.5 Å². The summed E-state index contributed by atoms with van der Waals surface area (Å²) in [5.41, 5.74) is -4.13. The zero-order valence-corrected chi connectivity index (χ0v) is 42.6. The number of carboxylic acids is 2. The van der Waals surface area contributed by atoms with Gasteiger partial charge in [0.2, 0.25) is 0 Å². The molecule has 0 aliphatic heterocycles. The van der Waals surface area contributed by atoms with Gasteiger partial charge in [0.1, 0.15) is 37.8 Å². The maximum atomic E-state index is 13.5. The first-order valence-electron chi connectivity index (χ1n) is 23.2. The average Bonchev–Trinajstić information content (AvgIpc) is 4.33. The molecule has 436 valence electrons. The van der Waals surface area contributed by atoms with Crippen molar-refractivity contribution in [3.63, 3.8) is 0 Å². The number of hydrogen-bond donors (Lipinski definition) is 4. The number of aliphatic hydroxyl groups is 2. The van der Waals surface area contributed by atoms with E-state index >= 15 is 0 Å². The summed E-state index contributed by atoms with van der Waals surface area (Å²) in [6, 6.07) is 20.4. The van der Waals surface area contributed by atoms with Crippen LogP contribution < -0.4 is 11.4 Å². The summed E-state index contributed by atoms with van der Waals surface area (Å²) in [4.78, 5) is 57.2. The lowest BCUT2D eigenvalue weighted by molar-refractivity contribution is -0.207. The van der Waals surface area contributed by atoms with Crippen LogP contribution in [0.3, 0.4) is 0 Å². The van der Waals surface area contributed by atoms with E-state index in [1.54, 1.807) is 0 Å². The molecule has 0 saturated carbocycles. The molecule has 0 amide bonds. The van der Waals surface area contributed by atoms with Crippen LogP contribution in [0.5, 0.6) is 0 Å². The molecule has 34 heteroatoms. The Balaban J connectivity index is 0.000000236. The van der Waals surface area contributed by atoms with E-state index in [4.69, 9.17) is 23.2 Å². The van der Waals surface area contributed by atoms with E-state index in [0.717, 1.165) is 21.5 Å². The molecule has 82 heavy (non-hydrogen) atoms. The number of carbonyl (C=O) groups is 2. The van der Waals surface area contributed by atoms with Crippen molar-refractivity contribution in [3.05, 3.63) is 174 Å². The minimum absolute atomic E-state index is 0.169. The first-order chi connectivity index (χ1) is 38.3. The zero-order valence-electron chi connectivity index (χ0n) is 41.1. The number of nitrogens with zero attached hydrogens (tertiary/aromatic N) is 12. The molecule has 0 spiro atoms. The summed E-state index contributed by atoms with van der Waals surface area (Å²) >= 11 is 11.7. The van der Waals surface area contributed by atoms with Gasteiger partial charge in [0.05, 0.1) is 24.2 Å². The molecule has 0 radical (unpaired) electrons. The SMILES string of the molecule is O=C(O)Cn1nc(Cc2ccccc2C(F)(F)F)nc1Cn1nc(-c2ccc(Cl)cc2)n(CC(O)C(F)(F)F)c1=O.O=C(O)Cn1nc(Cn2nc(-c3ccc(Cl)cc3)n(CC(O)C(F)(F)F)c2=O)nc1Cc1ccccc1C(F)(F)F. The smallest absolute Gasteiger partial charge is 0.416 e. The minimum atomic E-state index is -5.05. The van der Waals surface area contributed by atoms with Gasteiger partial charge in [0.25, 0.3) is 0 Å². The highest BCUT2D eigenvalue weighted by atomic mass is 35.5. The van der Waals surface area contributed by atoms with Crippen LogP contribution >= 0.6 is 23.2 Å². The van der Waals surface area contributed by atoms with Crippen molar-refractivity contribution >= 4 is 35.1 Å². The quantitative estimate of drug-likeness (QED) is 0.0618. The van der Waals surface area contributed by atoms with E-state index in [-0.39, 0.29) is 57.2 Å². The van der Waals surface area contributed by atoms with Gasteiger partial charge in [-0.05, 0) is 71.8 Å². The Kier molecular flexibility index (Phi) is 18.2. The van der Waals surface area contributed by atoms with Gasteiger partial charge < -0.3 is 20.4 Å². The van der Waals surface area contributed by atoms with Gasteiger partial charge in [-0.1, -0.05) is 59.6 Å². The molecule has 8 rings (SSSR count). The van der Waals surface area contributed by atoms with Crippen molar-refractivity contribution in [1.29, 1.82) is 0 Å². The zero-order chi connectivity index (χ0) is 60.2. The molecule has 8 aromatic rings. The molecular weight excluding hydrogens is 1170 g/mol. The largest absolute Gasteiger partial charge is 0.480 e. The van der Waals surface area contributed by atoms with Gasteiger partial charge in [-0.25, -0.2) is 38.3 Å². The van der Waals surface area contributed by atoms with Gasteiger partial charge in [0, 0.05) is 34.0 Å². The van der Waals surface area contributed by atoms with E-state index in [2.05, 4.69) is 30.4 Å². The summed E-state index contributed by atoms with van der Waals surface area (Å²) in [7, 11) is 0. The fourth-order valence-electron chi connectivity index (χ4n) is 7.86. The number of alkyl halides is 12. The third kappa shape index (κ3) is 15.1. The maximum absolute atomic E-state index is 13.5. The summed E-state index contributed by atoms with van der Waals surface area (Å²) in [5.74, 6) is -4.09. The van der Waals surface area contributed by atoms with E-state index in [0.29, 0.717) is 28.5 Å². The normalized spacial score (nSPS) is 13.0. The summed E-state index contributed by atoms with van der Waals surface area (Å²) in [5, 5.41) is 54.5. The predicted molar refractivity (Wildman–Crippen MR) is 260 cm³/mol. The Morgan fingerprint density at radius 3 is 1.28 bits per heavy atom. The summed E-state index contributed by atoms with van der Waals surface area (Å²) in [6.45, 7) is -5.13. The highest BCUT2D eigenvalue weighted by Gasteiger charge is 2.41. The van der Waals surface area contributed by atoms with Gasteiger partial charge >= 0.3 is 48.0 Å². The van der Waals surface area contributed by atoms with Crippen molar-refractivity contribution in [2.45, 2.75) is 89.0 Å². The molecule has 4 N–H and O–H groups in total. The first kappa shape index (κ1) is 61.3. The minimum Gasteiger partial charge on any atom is -0.480 e. The number of aromatic nitrogens is 12. The van der Waals surface area contributed by atoms with Gasteiger partial charge in [-0.15, -0.1) is 10.2 Å². The number of benzene rings is 4.